The average molecular weight is 1540 g/mol. The Hall–Kier alpha value is -14.8. The first-order valence-electron chi connectivity index (χ1n) is 42.4. The van der Waals surface area contributed by atoms with Crippen LogP contribution in [0.1, 0.15) is 51.4 Å². The van der Waals surface area contributed by atoms with Crippen molar-refractivity contribution in [2.75, 3.05) is 0 Å². The van der Waals surface area contributed by atoms with E-state index in [1.165, 1.54) is 229 Å². The van der Waals surface area contributed by atoms with E-state index in [1.807, 2.05) is 0 Å². The molecule has 0 unspecified atom stereocenters. The van der Waals surface area contributed by atoms with Crippen LogP contribution in [0.15, 0.2) is 437 Å². The monoisotopic (exact) mass is 1540 g/mol. The van der Waals surface area contributed by atoms with Crippen LogP contribution in [0.2, 0.25) is 0 Å². The summed E-state index contributed by atoms with van der Waals surface area (Å²) < 4.78 is 0. The molecular weight excluding hydrogens is 1450 g/mol. The summed E-state index contributed by atoms with van der Waals surface area (Å²) in [5, 5.41) is 35.1. The molecule has 0 saturated heterocycles. The molecule has 0 bridgehead atoms. The SMILES string of the molecule is CC1(c2ccccc2)c2ccccc2-c2ccccc21.Cc1c2ccccc2c(-c2ccccc2)c2ccccc12.Cc1cc2cccc3ccc4cccc1c4c32.Cc1cc2cccc3ccc4cccc1c4c32.Cc1ccc2c(-c3ccccc3)c3ccccc3c(-c3ccccc3)c2c1.Cc1ccc2c(ccc3c4ccccc4ccc23)c1. The smallest absolute Gasteiger partial charge is 0.0435 e. The van der Waals surface area contributed by atoms with Gasteiger partial charge in [0, 0.05) is 5.41 Å². The van der Waals surface area contributed by atoms with Crippen LogP contribution in [0, 0.1) is 34.6 Å². The molecule has 0 radical (unpaired) electrons. The van der Waals surface area contributed by atoms with Crippen LogP contribution in [0.3, 0.4) is 0 Å². The van der Waals surface area contributed by atoms with Crippen molar-refractivity contribution < 1.29 is 0 Å². The second-order valence-electron chi connectivity index (χ2n) is 32.8. The van der Waals surface area contributed by atoms with E-state index in [2.05, 4.69) is 478 Å². The molecule has 24 aromatic carbocycles. The molecule has 0 nitrogen and oxygen atoms in total. The Morgan fingerprint density at radius 2 is 0.471 bits per heavy atom. The van der Waals surface area contributed by atoms with Crippen LogP contribution in [0.4, 0.5) is 0 Å². The number of aryl methyl sites for hydroxylation is 5. The molecule has 25 rings (SSSR count). The van der Waals surface area contributed by atoms with Crippen molar-refractivity contribution in [1.82, 2.24) is 0 Å². The van der Waals surface area contributed by atoms with Crippen LogP contribution >= 0.6 is 0 Å². The van der Waals surface area contributed by atoms with E-state index in [0.29, 0.717) is 0 Å². The number of rotatable bonds is 4. The minimum atomic E-state index is -0.0472. The van der Waals surface area contributed by atoms with Gasteiger partial charge in [-0.15, -0.1) is 0 Å². The Morgan fingerprint density at radius 3 is 0.942 bits per heavy atom. The Bertz CT molecular complexity index is 7740. The highest BCUT2D eigenvalue weighted by Gasteiger charge is 2.40. The second-order valence-corrected chi connectivity index (χ2v) is 32.8. The summed E-state index contributed by atoms with van der Waals surface area (Å²) in [6, 6.07) is 158. The van der Waals surface area contributed by atoms with Gasteiger partial charge in [-0.25, -0.2) is 0 Å². The van der Waals surface area contributed by atoms with Crippen molar-refractivity contribution in [2.24, 2.45) is 0 Å². The van der Waals surface area contributed by atoms with Crippen LogP contribution in [0.25, 0.3) is 185 Å². The van der Waals surface area contributed by atoms with Crippen molar-refractivity contribution in [3.05, 3.63) is 481 Å². The van der Waals surface area contributed by atoms with Gasteiger partial charge in [-0.05, 0) is 259 Å². The number of hydrogen-bond donors (Lipinski definition) is 0. The third-order valence-electron chi connectivity index (χ3n) is 25.5. The van der Waals surface area contributed by atoms with Gasteiger partial charge in [-0.3, -0.25) is 0 Å². The quantitative estimate of drug-likeness (QED) is 0.122. The molecule has 0 atom stereocenters. The molecule has 1 aliphatic rings. The van der Waals surface area contributed by atoms with Crippen molar-refractivity contribution in [3.63, 3.8) is 0 Å². The maximum Gasteiger partial charge on any atom is 0.0435 e. The fourth-order valence-corrected chi connectivity index (χ4v) is 19.8. The van der Waals surface area contributed by atoms with Crippen LogP contribution < -0.4 is 0 Å². The van der Waals surface area contributed by atoms with Gasteiger partial charge in [0.05, 0.1) is 0 Å². The zero-order valence-corrected chi connectivity index (χ0v) is 69.1. The number of hydrogen-bond acceptors (Lipinski definition) is 0. The predicted molar refractivity (Wildman–Crippen MR) is 526 cm³/mol. The van der Waals surface area contributed by atoms with Crippen LogP contribution in [-0.4, -0.2) is 0 Å². The summed E-state index contributed by atoms with van der Waals surface area (Å²) in [5.41, 5.74) is 21.4. The maximum atomic E-state index is 2.34. The van der Waals surface area contributed by atoms with E-state index in [1.54, 1.807) is 0 Å². The van der Waals surface area contributed by atoms with E-state index in [9.17, 15) is 0 Å². The standard InChI is InChI=1S/C27H20.C21H16.C20H16.C19H14.2C17H12/c1-19-16-17-24-25(18-19)27(21-12-6-3-7-13-21)23-15-9-8-14-22(23)26(24)20-10-4-2-5-11-20;1-15-17-11-5-7-13-19(17)21(16-9-3-2-4-10-16)20-14-8-6-12-18(15)20;1-20(15-9-3-2-4-10-15)18-13-7-5-11-16(18)17-12-6-8-14-19(17)20;1-13-6-9-17-15(12-13)8-11-18-16-5-3-2-4-14(16)7-10-19(17)18;2*1-11-10-14-6-2-4-12-8-9-13-5-3-7-15(11)17(13)16(12)14/h2-18H,1H3;2-14H,1H3;2-14H,1H3;2-12H,1H3;2*2-10H,1H3. The Morgan fingerprint density at radius 1 is 0.174 bits per heavy atom. The van der Waals surface area contributed by atoms with Gasteiger partial charge in [0.15, 0.2) is 0 Å². The van der Waals surface area contributed by atoms with Crippen LogP contribution in [0.5, 0.6) is 0 Å². The fraction of sp³-hybridized carbons (Fsp3) is 0.0579. The lowest BCUT2D eigenvalue weighted by molar-refractivity contribution is 0.714. The highest BCUT2D eigenvalue weighted by molar-refractivity contribution is 6.26. The van der Waals surface area contributed by atoms with Gasteiger partial charge in [-0.1, -0.05) is 448 Å². The van der Waals surface area contributed by atoms with E-state index in [4.69, 9.17) is 0 Å². The summed E-state index contributed by atoms with van der Waals surface area (Å²) in [5.74, 6) is 0. The number of benzene rings is 24. The molecule has 0 spiro atoms. The third-order valence-corrected chi connectivity index (χ3v) is 25.5. The molecule has 0 heteroatoms. The minimum absolute atomic E-state index is 0.0472. The summed E-state index contributed by atoms with van der Waals surface area (Å²) in [6.45, 7) is 13.3. The van der Waals surface area contributed by atoms with Crippen molar-refractivity contribution in [1.29, 1.82) is 0 Å². The molecule has 1 aliphatic carbocycles. The summed E-state index contributed by atoms with van der Waals surface area (Å²) in [6.07, 6.45) is 0. The number of fused-ring (bicyclic) bond motifs is 12. The normalized spacial score (nSPS) is 12.0. The molecule has 0 aromatic heterocycles. The lowest BCUT2D eigenvalue weighted by Gasteiger charge is -2.28. The van der Waals surface area contributed by atoms with E-state index in [-0.39, 0.29) is 5.41 Å². The highest BCUT2D eigenvalue weighted by atomic mass is 14.4. The van der Waals surface area contributed by atoms with Crippen LogP contribution in [-0.2, 0) is 5.41 Å². The van der Waals surface area contributed by atoms with E-state index >= 15 is 0 Å². The Kier molecular flexibility index (Phi) is 19.8. The lowest BCUT2D eigenvalue weighted by Crippen LogP contribution is -2.22. The first-order valence-corrected chi connectivity index (χ1v) is 42.4. The molecule has 24 aromatic rings. The van der Waals surface area contributed by atoms with E-state index in [0.717, 1.165) is 0 Å². The third kappa shape index (κ3) is 13.6. The van der Waals surface area contributed by atoms with Crippen molar-refractivity contribution >= 4 is 140 Å². The van der Waals surface area contributed by atoms with Gasteiger partial charge in [0.25, 0.3) is 0 Å². The molecule has 0 heterocycles. The fourth-order valence-electron chi connectivity index (χ4n) is 19.8. The topological polar surface area (TPSA) is 0 Å². The highest BCUT2D eigenvalue weighted by Crippen LogP contribution is 2.53. The first kappa shape index (κ1) is 75.0. The minimum Gasteiger partial charge on any atom is -0.0622 e. The molecule has 0 fully saturated rings. The van der Waals surface area contributed by atoms with Gasteiger partial charge < -0.3 is 0 Å². The molecule has 0 saturated carbocycles. The molecule has 574 valence electrons. The van der Waals surface area contributed by atoms with E-state index < -0.39 is 0 Å². The van der Waals surface area contributed by atoms with Crippen molar-refractivity contribution in [2.45, 2.75) is 47.0 Å². The molecule has 0 N–H and O–H groups in total. The van der Waals surface area contributed by atoms with Gasteiger partial charge in [0.2, 0.25) is 0 Å². The van der Waals surface area contributed by atoms with Gasteiger partial charge in [0.1, 0.15) is 0 Å². The first-order chi connectivity index (χ1) is 59.5. The lowest BCUT2D eigenvalue weighted by atomic mass is 9.74. The van der Waals surface area contributed by atoms with Gasteiger partial charge in [-0.2, -0.15) is 0 Å². The average Bonchev–Trinajstić information content (AvgIpc) is 1.46. The zero-order chi connectivity index (χ0) is 81.7. The molecule has 0 aliphatic heterocycles. The maximum absolute atomic E-state index is 2.34. The zero-order valence-electron chi connectivity index (χ0n) is 69.1. The largest absolute Gasteiger partial charge is 0.0622 e. The summed E-state index contributed by atoms with van der Waals surface area (Å²) >= 11 is 0. The summed E-state index contributed by atoms with van der Waals surface area (Å²) in [4.78, 5) is 0. The Balaban J connectivity index is 0.0000000932. The van der Waals surface area contributed by atoms with Gasteiger partial charge >= 0.3 is 0 Å². The predicted octanol–water partition coefficient (Wildman–Crippen LogP) is 33.9. The van der Waals surface area contributed by atoms with Crippen molar-refractivity contribution in [3.8, 4) is 44.5 Å². The second kappa shape index (κ2) is 31.9. The summed E-state index contributed by atoms with van der Waals surface area (Å²) in [7, 11) is 0. The Labute approximate surface area is 707 Å². The molecule has 121 heavy (non-hydrogen) atoms. The molecular formula is C121H90. The molecule has 0 amide bonds.